The monoisotopic (exact) mass is 396 g/mol. The quantitative estimate of drug-likeness (QED) is 0.451. The Balaban J connectivity index is 1.43. The SMILES string of the molecule is Cc1ccc(C(=O)COC(=O)CCc2nc3ccccc3c(=O)n2C2CC2)s1. The van der Waals surface area contributed by atoms with Gasteiger partial charge in [0.2, 0.25) is 5.78 Å². The van der Waals surface area contributed by atoms with Crippen LogP contribution < -0.4 is 5.56 Å². The van der Waals surface area contributed by atoms with E-state index in [0.717, 1.165) is 17.7 Å². The van der Waals surface area contributed by atoms with Crippen LogP contribution >= 0.6 is 11.3 Å². The van der Waals surface area contributed by atoms with Crippen LogP contribution in [0.5, 0.6) is 0 Å². The summed E-state index contributed by atoms with van der Waals surface area (Å²) in [5.41, 5.74) is 0.579. The molecule has 28 heavy (non-hydrogen) atoms. The Morgan fingerprint density at radius 2 is 2.00 bits per heavy atom. The lowest BCUT2D eigenvalue weighted by Gasteiger charge is -2.12. The van der Waals surface area contributed by atoms with Gasteiger partial charge < -0.3 is 4.74 Å². The number of fused-ring (bicyclic) bond motifs is 1. The summed E-state index contributed by atoms with van der Waals surface area (Å²) in [5.74, 6) is -0.0695. The molecule has 0 spiro atoms. The molecule has 3 aromatic rings. The van der Waals surface area contributed by atoms with Crippen molar-refractivity contribution in [2.75, 3.05) is 6.61 Å². The van der Waals surface area contributed by atoms with Crippen molar-refractivity contribution < 1.29 is 14.3 Å². The van der Waals surface area contributed by atoms with Crippen molar-refractivity contribution in [2.45, 2.75) is 38.6 Å². The van der Waals surface area contributed by atoms with E-state index in [1.165, 1.54) is 11.3 Å². The summed E-state index contributed by atoms with van der Waals surface area (Å²) in [4.78, 5) is 43.2. The fraction of sp³-hybridized carbons (Fsp3) is 0.333. The lowest BCUT2D eigenvalue weighted by atomic mass is 10.2. The summed E-state index contributed by atoms with van der Waals surface area (Å²) in [5, 5.41) is 0.595. The largest absolute Gasteiger partial charge is 0.457 e. The molecule has 1 aromatic carbocycles. The molecular weight excluding hydrogens is 376 g/mol. The van der Waals surface area contributed by atoms with Crippen LogP contribution in [0.1, 0.15) is 45.7 Å². The zero-order valence-electron chi connectivity index (χ0n) is 15.5. The molecule has 0 N–H and O–H groups in total. The number of esters is 1. The van der Waals surface area contributed by atoms with Crippen molar-refractivity contribution >= 4 is 34.0 Å². The van der Waals surface area contributed by atoms with Gasteiger partial charge in [0.15, 0.2) is 6.61 Å². The summed E-state index contributed by atoms with van der Waals surface area (Å²) in [6.07, 6.45) is 2.29. The Labute approximate surface area is 165 Å². The third kappa shape index (κ3) is 3.89. The van der Waals surface area contributed by atoms with Crippen LogP contribution in [0.25, 0.3) is 10.9 Å². The van der Waals surface area contributed by atoms with Crippen molar-refractivity contribution in [3.05, 3.63) is 62.3 Å². The van der Waals surface area contributed by atoms with Crippen LogP contribution in [-0.4, -0.2) is 27.9 Å². The van der Waals surface area contributed by atoms with Crippen molar-refractivity contribution in [3.8, 4) is 0 Å². The first-order chi connectivity index (χ1) is 13.5. The molecule has 4 rings (SSSR count). The first kappa shape index (κ1) is 18.6. The molecule has 0 unspecified atom stereocenters. The molecule has 2 heterocycles. The second-order valence-corrected chi connectivity index (χ2v) is 8.23. The molecule has 1 saturated carbocycles. The lowest BCUT2D eigenvalue weighted by molar-refractivity contribution is -0.142. The molecule has 2 aromatic heterocycles. The highest BCUT2D eigenvalue weighted by Crippen LogP contribution is 2.34. The van der Waals surface area contributed by atoms with Crippen LogP contribution in [-0.2, 0) is 16.0 Å². The van der Waals surface area contributed by atoms with E-state index in [1.54, 1.807) is 22.8 Å². The third-order valence-electron chi connectivity index (χ3n) is 4.73. The fourth-order valence-electron chi connectivity index (χ4n) is 3.17. The van der Waals surface area contributed by atoms with Crippen LogP contribution in [0.2, 0.25) is 0 Å². The minimum atomic E-state index is -0.466. The highest BCUT2D eigenvalue weighted by atomic mass is 32.1. The standard InChI is InChI=1S/C21H20N2O4S/c1-13-6-9-18(28-13)17(24)12-27-20(25)11-10-19-22-16-5-3-2-4-15(16)21(26)23(19)14-7-8-14/h2-6,9,14H,7-8,10-12H2,1H3. The van der Waals surface area contributed by atoms with E-state index in [-0.39, 0.29) is 30.4 Å². The van der Waals surface area contributed by atoms with Gasteiger partial charge in [0.25, 0.3) is 5.56 Å². The van der Waals surface area contributed by atoms with E-state index in [9.17, 15) is 14.4 Å². The number of carbonyl (C=O) groups is 2. The number of para-hydroxylation sites is 1. The molecule has 0 amide bonds. The Hall–Kier alpha value is -2.80. The Morgan fingerprint density at radius 3 is 2.71 bits per heavy atom. The number of Topliss-reactive ketones (excluding diaryl/α,β-unsaturated/α-hetero) is 1. The van der Waals surface area contributed by atoms with E-state index in [1.807, 2.05) is 25.1 Å². The highest BCUT2D eigenvalue weighted by molar-refractivity contribution is 7.14. The van der Waals surface area contributed by atoms with Crippen LogP contribution in [0.3, 0.4) is 0 Å². The van der Waals surface area contributed by atoms with Crippen LogP contribution in [0, 0.1) is 6.92 Å². The molecule has 0 bridgehead atoms. The van der Waals surface area contributed by atoms with Crippen molar-refractivity contribution in [3.63, 3.8) is 0 Å². The predicted octanol–water partition coefficient (Wildman–Crippen LogP) is 3.46. The van der Waals surface area contributed by atoms with Crippen molar-refractivity contribution in [1.29, 1.82) is 0 Å². The van der Waals surface area contributed by atoms with Gasteiger partial charge in [-0.25, -0.2) is 4.98 Å². The number of ketones is 1. The predicted molar refractivity (Wildman–Crippen MR) is 107 cm³/mol. The van der Waals surface area contributed by atoms with E-state index >= 15 is 0 Å². The Bertz CT molecular complexity index is 1110. The maximum Gasteiger partial charge on any atom is 0.306 e. The summed E-state index contributed by atoms with van der Waals surface area (Å²) < 4.78 is 6.84. The molecule has 144 valence electrons. The molecule has 0 atom stereocenters. The van der Waals surface area contributed by atoms with Gasteiger partial charge in [0.1, 0.15) is 5.82 Å². The second-order valence-electron chi connectivity index (χ2n) is 6.95. The summed E-state index contributed by atoms with van der Waals surface area (Å²) in [6.45, 7) is 1.66. The Morgan fingerprint density at radius 1 is 1.21 bits per heavy atom. The maximum atomic E-state index is 12.8. The van der Waals surface area contributed by atoms with Gasteiger partial charge >= 0.3 is 5.97 Å². The molecule has 7 heteroatoms. The lowest BCUT2D eigenvalue weighted by Crippen LogP contribution is -2.25. The van der Waals surface area contributed by atoms with Gasteiger partial charge in [-0.1, -0.05) is 12.1 Å². The van der Waals surface area contributed by atoms with Crippen LogP contribution in [0.15, 0.2) is 41.2 Å². The highest BCUT2D eigenvalue weighted by Gasteiger charge is 2.28. The van der Waals surface area contributed by atoms with Gasteiger partial charge in [-0.15, -0.1) is 11.3 Å². The number of ether oxygens (including phenoxy) is 1. The number of aromatic nitrogens is 2. The van der Waals surface area contributed by atoms with Gasteiger partial charge in [0, 0.05) is 17.3 Å². The number of nitrogens with zero attached hydrogens (tertiary/aromatic N) is 2. The number of hydrogen-bond donors (Lipinski definition) is 0. The van der Waals surface area contributed by atoms with Crippen LogP contribution in [0.4, 0.5) is 0 Å². The summed E-state index contributed by atoms with van der Waals surface area (Å²) >= 11 is 1.38. The Kier molecular flexibility index (Phi) is 5.09. The number of rotatable bonds is 7. The molecule has 0 radical (unpaired) electrons. The van der Waals surface area contributed by atoms with Gasteiger partial charge in [-0.3, -0.25) is 19.0 Å². The maximum absolute atomic E-state index is 12.8. The number of thiophene rings is 1. The van der Waals surface area contributed by atoms with Gasteiger partial charge in [0.05, 0.1) is 22.2 Å². The first-order valence-electron chi connectivity index (χ1n) is 9.28. The number of carbonyl (C=O) groups excluding carboxylic acids is 2. The van der Waals surface area contributed by atoms with E-state index in [4.69, 9.17) is 4.74 Å². The smallest absolute Gasteiger partial charge is 0.306 e. The number of benzene rings is 1. The molecule has 1 aliphatic carbocycles. The first-order valence-corrected chi connectivity index (χ1v) is 10.1. The molecule has 0 aliphatic heterocycles. The molecule has 1 aliphatic rings. The minimum Gasteiger partial charge on any atom is -0.457 e. The third-order valence-corrected chi connectivity index (χ3v) is 5.77. The average molecular weight is 396 g/mol. The van der Waals surface area contributed by atoms with Crippen molar-refractivity contribution in [2.24, 2.45) is 0 Å². The van der Waals surface area contributed by atoms with Gasteiger partial charge in [-0.2, -0.15) is 0 Å². The fourth-order valence-corrected chi connectivity index (χ4v) is 3.96. The topological polar surface area (TPSA) is 78.3 Å². The number of hydrogen-bond acceptors (Lipinski definition) is 6. The minimum absolute atomic E-state index is 0.0558. The van der Waals surface area contributed by atoms with E-state index in [2.05, 4.69) is 4.98 Å². The summed E-state index contributed by atoms with van der Waals surface area (Å²) in [7, 11) is 0. The second kappa shape index (κ2) is 7.67. The zero-order valence-corrected chi connectivity index (χ0v) is 16.3. The molecule has 6 nitrogen and oxygen atoms in total. The molecule has 0 saturated heterocycles. The van der Waals surface area contributed by atoms with Crippen molar-refractivity contribution in [1.82, 2.24) is 9.55 Å². The van der Waals surface area contributed by atoms with Gasteiger partial charge in [-0.05, 0) is 44.0 Å². The van der Waals surface area contributed by atoms with E-state index < -0.39 is 5.97 Å². The summed E-state index contributed by atoms with van der Waals surface area (Å²) in [6, 6.07) is 11.0. The average Bonchev–Trinajstić information content (AvgIpc) is 3.43. The molecular formula is C21H20N2O4S. The zero-order chi connectivity index (χ0) is 19.7. The van der Waals surface area contributed by atoms with E-state index in [0.29, 0.717) is 28.0 Å². The molecule has 1 fully saturated rings. The number of aryl methyl sites for hydroxylation is 2. The normalized spacial score (nSPS) is 13.6.